The number of esters is 1. The van der Waals surface area contributed by atoms with Crippen LogP contribution in [0.15, 0.2) is 23.4 Å². The number of hydrogen-bond donors (Lipinski definition) is 1. The lowest BCUT2D eigenvalue weighted by atomic mass is 10.3. The quantitative estimate of drug-likeness (QED) is 0.502. The van der Waals surface area contributed by atoms with Gasteiger partial charge in [0.1, 0.15) is 0 Å². The number of nitrogens with one attached hydrogen (secondary N) is 1. The van der Waals surface area contributed by atoms with Crippen LogP contribution in [-0.4, -0.2) is 28.3 Å². The van der Waals surface area contributed by atoms with Crippen molar-refractivity contribution in [1.29, 1.82) is 0 Å². The third-order valence-electron chi connectivity index (χ3n) is 2.51. The summed E-state index contributed by atoms with van der Waals surface area (Å²) >= 11 is 7.23. The van der Waals surface area contributed by atoms with Crippen LogP contribution >= 0.6 is 23.4 Å². The molecule has 1 N–H and O–H groups in total. The topological polar surface area (TPSA) is 55.0 Å². The normalized spacial score (nSPS) is 10.8. The summed E-state index contributed by atoms with van der Waals surface area (Å²) in [5.74, 6) is 0.0500. The molecular weight excluding hydrogens is 284 g/mol. The third kappa shape index (κ3) is 4.14. The number of hydrogen-bond acceptors (Lipinski definition) is 4. The molecule has 0 aliphatic rings. The molecule has 0 atom stereocenters. The van der Waals surface area contributed by atoms with Crippen LogP contribution in [0.3, 0.4) is 0 Å². The Labute approximate surface area is 120 Å². The van der Waals surface area contributed by atoms with Gasteiger partial charge in [-0.2, -0.15) is 0 Å². The lowest BCUT2D eigenvalue weighted by molar-refractivity contribution is -0.140. The van der Waals surface area contributed by atoms with Gasteiger partial charge in [0, 0.05) is 5.02 Å². The summed E-state index contributed by atoms with van der Waals surface area (Å²) in [5.41, 5.74) is 1.71. The summed E-state index contributed by atoms with van der Waals surface area (Å²) in [4.78, 5) is 18.9. The Morgan fingerprint density at radius 3 is 3.16 bits per heavy atom. The number of benzene rings is 1. The van der Waals surface area contributed by atoms with Crippen LogP contribution < -0.4 is 0 Å². The Bertz CT molecular complexity index is 571. The van der Waals surface area contributed by atoms with E-state index < -0.39 is 0 Å². The number of unbranched alkanes of at least 4 members (excludes halogenated alkanes) is 1. The monoisotopic (exact) mass is 298 g/mol. The zero-order valence-electron chi connectivity index (χ0n) is 10.6. The van der Waals surface area contributed by atoms with Crippen LogP contribution in [0.25, 0.3) is 11.0 Å². The maximum absolute atomic E-state index is 11.5. The molecule has 0 spiro atoms. The van der Waals surface area contributed by atoms with E-state index in [9.17, 15) is 4.79 Å². The number of aromatic nitrogens is 2. The second-order valence-electron chi connectivity index (χ2n) is 4.07. The molecule has 4 nitrogen and oxygen atoms in total. The molecule has 6 heteroatoms. The molecule has 0 amide bonds. The second-order valence-corrected chi connectivity index (χ2v) is 5.47. The number of imidazole rings is 1. The van der Waals surface area contributed by atoms with E-state index in [-0.39, 0.29) is 11.7 Å². The van der Waals surface area contributed by atoms with Crippen LogP contribution in [0.1, 0.15) is 19.8 Å². The molecule has 1 aromatic carbocycles. The summed E-state index contributed by atoms with van der Waals surface area (Å²) in [6.07, 6.45) is 1.92. The smallest absolute Gasteiger partial charge is 0.316 e. The summed E-state index contributed by atoms with van der Waals surface area (Å²) in [6, 6.07) is 5.45. The average Bonchev–Trinajstić information content (AvgIpc) is 2.78. The summed E-state index contributed by atoms with van der Waals surface area (Å²) < 4.78 is 5.07. The van der Waals surface area contributed by atoms with Gasteiger partial charge < -0.3 is 9.72 Å². The molecular formula is C13H15ClN2O2S. The van der Waals surface area contributed by atoms with Crippen LogP contribution in [0, 0.1) is 0 Å². The molecule has 102 valence electrons. The molecule has 1 heterocycles. The van der Waals surface area contributed by atoms with Gasteiger partial charge in [-0.25, -0.2) is 4.98 Å². The largest absolute Gasteiger partial charge is 0.465 e. The van der Waals surface area contributed by atoms with Crippen molar-refractivity contribution >= 4 is 40.4 Å². The molecule has 0 saturated carbocycles. The predicted molar refractivity (Wildman–Crippen MR) is 77.7 cm³/mol. The van der Waals surface area contributed by atoms with E-state index >= 15 is 0 Å². The lowest BCUT2D eigenvalue weighted by Crippen LogP contribution is -2.08. The molecule has 2 aromatic rings. The van der Waals surface area contributed by atoms with Crippen LogP contribution in [-0.2, 0) is 9.53 Å². The van der Waals surface area contributed by atoms with Crippen LogP contribution in [0.5, 0.6) is 0 Å². The van der Waals surface area contributed by atoms with Gasteiger partial charge in [0.05, 0.1) is 23.4 Å². The zero-order chi connectivity index (χ0) is 13.7. The maximum Gasteiger partial charge on any atom is 0.316 e. The summed E-state index contributed by atoms with van der Waals surface area (Å²) in [5, 5.41) is 1.36. The number of H-pyrrole nitrogens is 1. The molecule has 0 radical (unpaired) electrons. The highest BCUT2D eigenvalue weighted by atomic mass is 35.5. The number of fused-ring (bicyclic) bond motifs is 1. The first-order valence-electron chi connectivity index (χ1n) is 6.12. The highest BCUT2D eigenvalue weighted by Crippen LogP contribution is 2.22. The zero-order valence-corrected chi connectivity index (χ0v) is 12.2. The van der Waals surface area contributed by atoms with Crippen molar-refractivity contribution in [3.05, 3.63) is 23.2 Å². The Hall–Kier alpha value is -1.20. The maximum atomic E-state index is 11.5. The van der Waals surface area contributed by atoms with Crippen molar-refractivity contribution in [2.24, 2.45) is 0 Å². The van der Waals surface area contributed by atoms with Crippen molar-refractivity contribution in [3.63, 3.8) is 0 Å². The van der Waals surface area contributed by atoms with Gasteiger partial charge >= 0.3 is 5.97 Å². The van der Waals surface area contributed by atoms with Gasteiger partial charge in [-0.05, 0) is 24.6 Å². The summed E-state index contributed by atoms with van der Waals surface area (Å²) in [7, 11) is 0. The molecule has 0 aliphatic heterocycles. The molecule has 1 aromatic heterocycles. The molecule has 0 saturated heterocycles. The fourth-order valence-corrected chi connectivity index (χ4v) is 2.38. The molecule has 0 aliphatic carbocycles. The van der Waals surface area contributed by atoms with E-state index in [1.54, 1.807) is 6.07 Å². The second kappa shape index (κ2) is 6.82. The fraction of sp³-hybridized carbons (Fsp3) is 0.385. The van der Waals surface area contributed by atoms with E-state index in [1.165, 1.54) is 11.8 Å². The van der Waals surface area contributed by atoms with Crippen molar-refractivity contribution in [3.8, 4) is 0 Å². The number of aromatic amines is 1. The number of carbonyl (C=O) groups is 1. The van der Waals surface area contributed by atoms with E-state index in [0.717, 1.165) is 23.9 Å². The van der Waals surface area contributed by atoms with Crippen molar-refractivity contribution < 1.29 is 9.53 Å². The Balaban J connectivity index is 1.89. The van der Waals surface area contributed by atoms with Crippen molar-refractivity contribution in [2.45, 2.75) is 24.9 Å². The number of rotatable bonds is 6. The minimum absolute atomic E-state index is 0.211. The highest BCUT2D eigenvalue weighted by Gasteiger charge is 2.08. The lowest BCUT2D eigenvalue weighted by Gasteiger charge is -2.01. The number of halogens is 1. The van der Waals surface area contributed by atoms with Gasteiger partial charge in [0.25, 0.3) is 0 Å². The summed E-state index contributed by atoms with van der Waals surface area (Å²) in [6.45, 7) is 2.55. The molecule has 0 unspecified atom stereocenters. The molecule has 19 heavy (non-hydrogen) atoms. The number of ether oxygens (including phenoxy) is 1. The minimum Gasteiger partial charge on any atom is -0.465 e. The minimum atomic E-state index is -0.211. The Morgan fingerprint density at radius 1 is 1.53 bits per heavy atom. The van der Waals surface area contributed by atoms with Gasteiger partial charge in [-0.3, -0.25) is 4.79 Å². The third-order valence-corrected chi connectivity index (χ3v) is 3.59. The van der Waals surface area contributed by atoms with E-state index in [1.807, 2.05) is 12.1 Å². The van der Waals surface area contributed by atoms with E-state index in [2.05, 4.69) is 16.9 Å². The standard InChI is InChI=1S/C13H15ClN2O2S/c1-2-3-6-18-12(17)8-19-13-15-10-5-4-9(14)7-11(10)16-13/h4-5,7H,2-3,6,8H2,1H3,(H,15,16). The van der Waals surface area contributed by atoms with Gasteiger partial charge in [0.2, 0.25) is 0 Å². The molecule has 2 rings (SSSR count). The fourth-order valence-electron chi connectivity index (χ4n) is 1.53. The van der Waals surface area contributed by atoms with Gasteiger partial charge in [0.15, 0.2) is 5.16 Å². The first-order chi connectivity index (χ1) is 9.19. The molecule has 0 fully saturated rings. The number of carbonyl (C=O) groups excluding carboxylic acids is 1. The number of thioether (sulfide) groups is 1. The SMILES string of the molecule is CCCCOC(=O)CSc1nc2ccc(Cl)cc2[nH]1. The van der Waals surface area contributed by atoms with Gasteiger partial charge in [-0.1, -0.05) is 36.7 Å². The van der Waals surface area contributed by atoms with Crippen LogP contribution in [0.2, 0.25) is 5.02 Å². The highest BCUT2D eigenvalue weighted by molar-refractivity contribution is 7.99. The van der Waals surface area contributed by atoms with Crippen molar-refractivity contribution in [1.82, 2.24) is 9.97 Å². The first-order valence-corrected chi connectivity index (χ1v) is 7.49. The van der Waals surface area contributed by atoms with Gasteiger partial charge in [-0.15, -0.1) is 0 Å². The number of nitrogens with zero attached hydrogens (tertiary/aromatic N) is 1. The van der Waals surface area contributed by atoms with Crippen LogP contribution in [0.4, 0.5) is 0 Å². The predicted octanol–water partition coefficient (Wildman–Crippen LogP) is 3.65. The Morgan fingerprint density at radius 2 is 2.37 bits per heavy atom. The van der Waals surface area contributed by atoms with Crippen molar-refractivity contribution in [2.75, 3.05) is 12.4 Å². The van der Waals surface area contributed by atoms with E-state index in [4.69, 9.17) is 16.3 Å². The molecule has 0 bridgehead atoms. The average molecular weight is 299 g/mol. The first kappa shape index (κ1) is 14.2. The van der Waals surface area contributed by atoms with E-state index in [0.29, 0.717) is 16.8 Å². The Kier molecular flexibility index (Phi) is 5.10.